The zero-order valence-corrected chi connectivity index (χ0v) is 14.5. The Morgan fingerprint density at radius 2 is 1.74 bits per heavy atom. The molecular weight excluding hydrogens is 336 g/mol. The Morgan fingerprint density at radius 1 is 1.00 bits per heavy atom. The third kappa shape index (κ3) is 2.17. The average molecular weight is 352 g/mol. The van der Waals surface area contributed by atoms with Gasteiger partial charge in [-0.05, 0) is 45.7 Å². The number of hydrogen-bond donors (Lipinski definition) is 0. The van der Waals surface area contributed by atoms with Gasteiger partial charge in [0.1, 0.15) is 0 Å². The number of carbonyl (C=O) groups excluding carboxylic acids is 2. The van der Waals surface area contributed by atoms with Gasteiger partial charge in [0.2, 0.25) is 0 Å². The zero-order valence-electron chi connectivity index (χ0n) is 14.5. The van der Waals surface area contributed by atoms with E-state index in [1.165, 1.54) is 10.8 Å². The fraction of sp³-hybridized carbons (Fsp3) is 0.167. The first-order chi connectivity index (χ1) is 13.1. The van der Waals surface area contributed by atoms with Crippen LogP contribution in [0, 0.1) is 23.7 Å². The highest BCUT2D eigenvalue weighted by molar-refractivity contribution is 6.03. The first-order valence-electron chi connectivity index (χ1n) is 8.97. The average Bonchev–Trinajstić information content (AvgIpc) is 2.96. The summed E-state index contributed by atoms with van der Waals surface area (Å²) in [6.07, 6.45) is 9.74. The SMILES string of the molecule is C#CC12C=CC(c3cccc4cc5ccccc5cc34)CC1C(=O)OC2=O. The quantitative estimate of drug-likeness (QED) is 0.215. The van der Waals surface area contributed by atoms with E-state index in [4.69, 9.17) is 11.2 Å². The van der Waals surface area contributed by atoms with Crippen molar-refractivity contribution in [1.29, 1.82) is 0 Å². The monoisotopic (exact) mass is 352 g/mol. The van der Waals surface area contributed by atoms with Crippen molar-refractivity contribution in [3.8, 4) is 12.3 Å². The molecule has 3 aromatic carbocycles. The Morgan fingerprint density at radius 3 is 2.52 bits per heavy atom. The minimum atomic E-state index is -1.25. The van der Waals surface area contributed by atoms with Crippen LogP contribution in [0.1, 0.15) is 17.9 Å². The molecule has 0 radical (unpaired) electrons. The molecule has 1 heterocycles. The van der Waals surface area contributed by atoms with Gasteiger partial charge in [-0.2, -0.15) is 0 Å². The van der Waals surface area contributed by atoms with Crippen molar-refractivity contribution in [3.63, 3.8) is 0 Å². The highest BCUT2D eigenvalue weighted by Crippen LogP contribution is 2.48. The number of terminal acetylenes is 1. The van der Waals surface area contributed by atoms with Gasteiger partial charge in [0.25, 0.3) is 0 Å². The number of allylic oxidation sites excluding steroid dienone is 1. The van der Waals surface area contributed by atoms with E-state index in [1.807, 2.05) is 24.3 Å². The Kier molecular flexibility index (Phi) is 3.26. The molecule has 130 valence electrons. The minimum absolute atomic E-state index is 0.000197. The maximum Gasteiger partial charge on any atom is 0.336 e. The lowest BCUT2D eigenvalue weighted by molar-refractivity contribution is -0.154. The molecule has 0 aromatic heterocycles. The van der Waals surface area contributed by atoms with Crippen molar-refractivity contribution < 1.29 is 14.3 Å². The second kappa shape index (κ2) is 5.56. The van der Waals surface area contributed by atoms with Gasteiger partial charge >= 0.3 is 11.9 Å². The number of ether oxygens (including phenoxy) is 1. The summed E-state index contributed by atoms with van der Waals surface area (Å²) in [6.45, 7) is 0. The molecule has 0 N–H and O–H groups in total. The van der Waals surface area contributed by atoms with E-state index in [9.17, 15) is 9.59 Å². The summed E-state index contributed by atoms with van der Waals surface area (Å²) in [6, 6.07) is 18.8. The largest absolute Gasteiger partial charge is 0.391 e. The molecule has 1 aliphatic heterocycles. The Balaban J connectivity index is 1.67. The van der Waals surface area contributed by atoms with Crippen LogP contribution in [-0.4, -0.2) is 11.9 Å². The summed E-state index contributed by atoms with van der Waals surface area (Å²) < 4.78 is 4.86. The summed E-state index contributed by atoms with van der Waals surface area (Å²) in [5.41, 5.74) is -0.113. The summed E-state index contributed by atoms with van der Waals surface area (Å²) in [4.78, 5) is 24.4. The number of benzene rings is 3. The third-order valence-electron chi connectivity index (χ3n) is 5.87. The molecule has 0 amide bonds. The Hall–Kier alpha value is -3.38. The van der Waals surface area contributed by atoms with Gasteiger partial charge in [0.05, 0.1) is 5.92 Å². The highest BCUT2D eigenvalue weighted by Gasteiger charge is 2.57. The van der Waals surface area contributed by atoms with Gasteiger partial charge in [-0.1, -0.05) is 60.5 Å². The van der Waals surface area contributed by atoms with Crippen LogP contribution in [0.3, 0.4) is 0 Å². The van der Waals surface area contributed by atoms with Gasteiger partial charge < -0.3 is 4.74 Å². The molecule has 1 saturated heterocycles. The molecule has 3 heteroatoms. The van der Waals surface area contributed by atoms with E-state index in [1.54, 1.807) is 6.08 Å². The molecule has 3 unspecified atom stereocenters. The van der Waals surface area contributed by atoms with Crippen molar-refractivity contribution >= 4 is 33.5 Å². The fourth-order valence-corrected chi connectivity index (χ4v) is 4.39. The lowest BCUT2D eigenvalue weighted by atomic mass is 9.68. The molecule has 0 bridgehead atoms. The molecule has 5 rings (SSSR count). The van der Waals surface area contributed by atoms with E-state index in [0.29, 0.717) is 6.42 Å². The second-order valence-electron chi connectivity index (χ2n) is 7.24. The first kappa shape index (κ1) is 15.8. The minimum Gasteiger partial charge on any atom is -0.391 e. The third-order valence-corrected chi connectivity index (χ3v) is 5.87. The van der Waals surface area contributed by atoms with Gasteiger partial charge in [0, 0.05) is 5.92 Å². The molecule has 0 saturated carbocycles. The lowest BCUT2D eigenvalue weighted by Gasteiger charge is -2.29. The number of fused-ring (bicyclic) bond motifs is 3. The van der Waals surface area contributed by atoms with E-state index >= 15 is 0 Å². The van der Waals surface area contributed by atoms with Crippen LogP contribution in [0.5, 0.6) is 0 Å². The van der Waals surface area contributed by atoms with Crippen LogP contribution in [0.4, 0.5) is 0 Å². The van der Waals surface area contributed by atoms with Gasteiger partial charge in [0.15, 0.2) is 5.41 Å². The van der Waals surface area contributed by atoms with Crippen LogP contribution in [0.25, 0.3) is 21.5 Å². The topological polar surface area (TPSA) is 43.4 Å². The predicted octanol–water partition coefficient (Wildman–Crippen LogP) is 4.36. The van der Waals surface area contributed by atoms with E-state index in [0.717, 1.165) is 16.3 Å². The van der Waals surface area contributed by atoms with Crippen molar-refractivity contribution in [1.82, 2.24) is 0 Å². The molecule has 3 aromatic rings. The van der Waals surface area contributed by atoms with Crippen LogP contribution >= 0.6 is 0 Å². The second-order valence-corrected chi connectivity index (χ2v) is 7.24. The number of rotatable bonds is 1. The normalized spacial score (nSPS) is 26.8. The standard InChI is InChI=1S/C24H16O3/c1-2-24-11-10-18(14-21(24)22(25)27-23(24)26)19-9-5-8-17-12-15-6-3-4-7-16(15)13-20(17)19/h1,3-13,18,21H,14H2. The number of carbonyl (C=O) groups is 2. The number of hydrogen-bond acceptors (Lipinski definition) is 3. The van der Waals surface area contributed by atoms with Gasteiger partial charge in [-0.25, -0.2) is 4.79 Å². The van der Waals surface area contributed by atoms with Crippen LogP contribution in [-0.2, 0) is 14.3 Å². The van der Waals surface area contributed by atoms with Crippen LogP contribution in [0.15, 0.2) is 66.7 Å². The molecule has 1 aliphatic carbocycles. The van der Waals surface area contributed by atoms with Crippen LogP contribution < -0.4 is 0 Å². The maximum atomic E-state index is 12.2. The van der Waals surface area contributed by atoms with Crippen molar-refractivity contribution in [3.05, 3.63) is 72.3 Å². The molecule has 27 heavy (non-hydrogen) atoms. The zero-order chi connectivity index (χ0) is 18.6. The molecule has 2 aliphatic rings. The smallest absolute Gasteiger partial charge is 0.336 e. The van der Waals surface area contributed by atoms with E-state index in [2.05, 4.69) is 42.3 Å². The summed E-state index contributed by atoms with van der Waals surface area (Å²) in [5, 5.41) is 4.67. The fourth-order valence-electron chi connectivity index (χ4n) is 4.39. The lowest BCUT2D eigenvalue weighted by Crippen LogP contribution is -2.34. The highest BCUT2D eigenvalue weighted by atomic mass is 16.6. The van der Waals surface area contributed by atoms with Crippen molar-refractivity contribution in [2.45, 2.75) is 12.3 Å². The molecule has 0 spiro atoms. The van der Waals surface area contributed by atoms with Gasteiger partial charge in [-0.3, -0.25) is 4.79 Å². The molecule has 1 fully saturated rings. The Labute approximate surface area is 156 Å². The summed E-state index contributed by atoms with van der Waals surface area (Å²) in [7, 11) is 0. The summed E-state index contributed by atoms with van der Waals surface area (Å²) in [5.74, 6) is 0.744. The molecular formula is C24H16O3. The Bertz CT molecular complexity index is 1200. The molecule has 3 atom stereocenters. The van der Waals surface area contributed by atoms with E-state index in [-0.39, 0.29) is 5.92 Å². The number of esters is 2. The van der Waals surface area contributed by atoms with Crippen LogP contribution in [0.2, 0.25) is 0 Å². The molecule has 3 nitrogen and oxygen atoms in total. The predicted molar refractivity (Wildman–Crippen MR) is 104 cm³/mol. The van der Waals surface area contributed by atoms with E-state index < -0.39 is 23.3 Å². The van der Waals surface area contributed by atoms with Crippen molar-refractivity contribution in [2.24, 2.45) is 11.3 Å². The first-order valence-corrected chi connectivity index (χ1v) is 8.97. The summed E-state index contributed by atoms with van der Waals surface area (Å²) >= 11 is 0. The maximum absolute atomic E-state index is 12.2. The van der Waals surface area contributed by atoms with Crippen molar-refractivity contribution in [2.75, 3.05) is 0 Å². The number of cyclic esters (lactones) is 2. The van der Waals surface area contributed by atoms with Gasteiger partial charge in [-0.15, -0.1) is 6.42 Å².